The second kappa shape index (κ2) is 9.23. The molecule has 0 fully saturated rings. The number of hydrogen-bond donors (Lipinski definition) is 0. The summed E-state index contributed by atoms with van der Waals surface area (Å²) < 4.78 is 27.2. The summed E-state index contributed by atoms with van der Waals surface area (Å²) in [6.07, 6.45) is 0.549. The molecular formula is C22H29BrNO3P. The molecule has 1 aliphatic heterocycles. The summed E-state index contributed by atoms with van der Waals surface area (Å²) in [6, 6.07) is 16.5. The zero-order chi connectivity index (χ0) is 20.3. The molecule has 1 unspecified atom stereocenters. The molecule has 0 bridgehead atoms. The van der Waals surface area contributed by atoms with Gasteiger partial charge < -0.3 is 9.05 Å². The van der Waals surface area contributed by atoms with Crippen molar-refractivity contribution in [3.63, 3.8) is 0 Å². The van der Waals surface area contributed by atoms with Crippen LogP contribution in [0.3, 0.4) is 0 Å². The highest BCUT2D eigenvalue weighted by atomic mass is 79.9. The third-order valence-electron chi connectivity index (χ3n) is 4.66. The van der Waals surface area contributed by atoms with Crippen LogP contribution >= 0.6 is 23.5 Å². The van der Waals surface area contributed by atoms with Crippen LogP contribution in [0, 0.1) is 0 Å². The molecule has 1 heterocycles. The van der Waals surface area contributed by atoms with Crippen molar-refractivity contribution in [1.29, 1.82) is 0 Å². The van der Waals surface area contributed by atoms with E-state index in [0.717, 1.165) is 23.0 Å². The topological polar surface area (TPSA) is 38.8 Å². The molecule has 6 heteroatoms. The largest absolute Gasteiger partial charge is 0.352 e. The Kier molecular flexibility index (Phi) is 7.17. The van der Waals surface area contributed by atoms with E-state index in [9.17, 15) is 4.57 Å². The molecule has 0 N–H and O–H groups in total. The molecule has 0 aromatic heterocycles. The summed E-state index contributed by atoms with van der Waals surface area (Å²) in [7, 11) is -3.43. The summed E-state index contributed by atoms with van der Waals surface area (Å²) in [5.41, 5.74) is 3.45. The molecule has 1 atom stereocenters. The maximum absolute atomic E-state index is 14.1. The molecule has 4 nitrogen and oxygen atoms in total. The molecule has 2 aromatic rings. The summed E-state index contributed by atoms with van der Waals surface area (Å²) in [5, 5.41) is 0. The van der Waals surface area contributed by atoms with Crippen molar-refractivity contribution in [1.82, 2.24) is 4.90 Å². The van der Waals surface area contributed by atoms with Crippen LogP contribution in [0.15, 0.2) is 53.0 Å². The molecule has 0 radical (unpaired) electrons. The van der Waals surface area contributed by atoms with Gasteiger partial charge in [0.15, 0.2) is 0 Å². The monoisotopic (exact) mass is 465 g/mol. The number of nitrogens with zero attached hydrogens (tertiary/aromatic N) is 1. The fraction of sp³-hybridized carbons (Fsp3) is 0.455. The van der Waals surface area contributed by atoms with E-state index in [2.05, 4.69) is 45.1 Å². The van der Waals surface area contributed by atoms with E-state index >= 15 is 0 Å². The lowest BCUT2D eigenvalue weighted by Gasteiger charge is -2.41. The van der Waals surface area contributed by atoms with Crippen molar-refractivity contribution in [3.8, 4) is 0 Å². The van der Waals surface area contributed by atoms with E-state index in [0.29, 0.717) is 6.54 Å². The van der Waals surface area contributed by atoms with Crippen LogP contribution in [0.25, 0.3) is 0 Å². The van der Waals surface area contributed by atoms with Crippen LogP contribution < -0.4 is 0 Å². The molecule has 28 heavy (non-hydrogen) atoms. The van der Waals surface area contributed by atoms with Gasteiger partial charge in [0.2, 0.25) is 0 Å². The standard InChI is InChI=1S/C22H29BrNO3P/c1-16(2)26-28(25,27-17(3)4)22-21-8-6-5-7-19(21)13-14-24(22)15-18-9-11-20(23)12-10-18/h5-12,16-17,22H,13-15H2,1-4H3. The normalized spacial score (nSPS) is 17.9. The van der Waals surface area contributed by atoms with Crippen molar-refractivity contribution in [2.24, 2.45) is 0 Å². The highest BCUT2D eigenvalue weighted by Gasteiger charge is 2.45. The zero-order valence-corrected chi connectivity index (χ0v) is 19.4. The zero-order valence-electron chi connectivity index (χ0n) is 17.0. The number of hydrogen-bond acceptors (Lipinski definition) is 4. The Morgan fingerprint density at radius 2 is 1.64 bits per heavy atom. The van der Waals surface area contributed by atoms with Gasteiger partial charge in [-0.1, -0.05) is 52.3 Å². The van der Waals surface area contributed by atoms with Gasteiger partial charge in [0.25, 0.3) is 0 Å². The molecule has 0 saturated carbocycles. The Morgan fingerprint density at radius 3 is 2.25 bits per heavy atom. The van der Waals surface area contributed by atoms with Crippen LogP contribution in [0.4, 0.5) is 0 Å². The molecule has 152 valence electrons. The van der Waals surface area contributed by atoms with E-state index in [1.54, 1.807) is 0 Å². The van der Waals surface area contributed by atoms with Crippen LogP contribution in [0.5, 0.6) is 0 Å². The first kappa shape index (κ1) is 21.7. The predicted molar refractivity (Wildman–Crippen MR) is 117 cm³/mol. The van der Waals surface area contributed by atoms with Crippen LogP contribution in [0.2, 0.25) is 0 Å². The highest BCUT2D eigenvalue weighted by Crippen LogP contribution is 2.65. The number of benzene rings is 2. The first-order valence-corrected chi connectivity index (χ1v) is 12.2. The summed E-state index contributed by atoms with van der Waals surface area (Å²) in [6.45, 7) is 9.13. The highest BCUT2D eigenvalue weighted by molar-refractivity contribution is 9.10. The van der Waals surface area contributed by atoms with Crippen LogP contribution in [-0.4, -0.2) is 23.7 Å². The fourth-order valence-corrected chi connectivity index (χ4v) is 6.59. The van der Waals surface area contributed by atoms with Crippen LogP contribution in [0.1, 0.15) is 50.2 Å². The minimum atomic E-state index is -3.43. The van der Waals surface area contributed by atoms with Gasteiger partial charge in [-0.3, -0.25) is 9.46 Å². The third-order valence-corrected chi connectivity index (χ3v) is 7.82. The lowest BCUT2D eigenvalue weighted by molar-refractivity contribution is 0.106. The average Bonchev–Trinajstić information content (AvgIpc) is 2.61. The fourth-order valence-electron chi connectivity index (χ4n) is 3.68. The molecule has 0 saturated heterocycles. The lowest BCUT2D eigenvalue weighted by Crippen LogP contribution is -2.36. The first-order valence-electron chi connectivity index (χ1n) is 9.81. The second-order valence-electron chi connectivity index (χ2n) is 7.77. The Labute approximate surface area is 176 Å². The quantitative estimate of drug-likeness (QED) is 0.434. The van der Waals surface area contributed by atoms with E-state index in [-0.39, 0.29) is 12.2 Å². The van der Waals surface area contributed by atoms with Gasteiger partial charge in [0, 0.05) is 17.6 Å². The van der Waals surface area contributed by atoms with Crippen LogP contribution in [-0.2, 0) is 26.6 Å². The Hall–Kier alpha value is -0.970. The Balaban J connectivity index is 2.03. The predicted octanol–water partition coefficient (Wildman–Crippen LogP) is 6.55. The maximum atomic E-state index is 14.1. The maximum Gasteiger partial charge on any atom is 0.352 e. The second-order valence-corrected chi connectivity index (χ2v) is 10.7. The van der Waals surface area contributed by atoms with Gasteiger partial charge in [0.05, 0.1) is 12.2 Å². The van der Waals surface area contributed by atoms with Gasteiger partial charge >= 0.3 is 7.60 Å². The van der Waals surface area contributed by atoms with Gasteiger partial charge in [0.1, 0.15) is 5.78 Å². The smallest absolute Gasteiger partial charge is 0.304 e. The summed E-state index contributed by atoms with van der Waals surface area (Å²) in [4.78, 5) is 2.25. The molecule has 3 rings (SSSR count). The molecule has 0 aliphatic carbocycles. The number of rotatable bonds is 7. The van der Waals surface area contributed by atoms with Crippen molar-refractivity contribution in [2.45, 2.75) is 58.7 Å². The molecular weight excluding hydrogens is 437 g/mol. The molecule has 2 aromatic carbocycles. The average molecular weight is 466 g/mol. The molecule has 0 amide bonds. The van der Waals surface area contributed by atoms with E-state index in [4.69, 9.17) is 9.05 Å². The summed E-state index contributed by atoms with van der Waals surface area (Å²) in [5.74, 6) is -0.411. The van der Waals surface area contributed by atoms with Crippen molar-refractivity contribution >= 4 is 23.5 Å². The van der Waals surface area contributed by atoms with Gasteiger partial charge in [-0.2, -0.15) is 0 Å². The van der Waals surface area contributed by atoms with E-state index < -0.39 is 13.4 Å². The third kappa shape index (κ3) is 5.14. The van der Waals surface area contributed by atoms with E-state index in [1.807, 2.05) is 52.0 Å². The molecule has 0 spiro atoms. The van der Waals surface area contributed by atoms with E-state index in [1.165, 1.54) is 11.1 Å². The minimum absolute atomic E-state index is 0.187. The van der Waals surface area contributed by atoms with Gasteiger partial charge in [-0.05, 0) is 62.9 Å². The molecule has 1 aliphatic rings. The first-order chi connectivity index (χ1) is 13.3. The van der Waals surface area contributed by atoms with Crippen molar-refractivity contribution < 1.29 is 13.6 Å². The Bertz CT molecular complexity index is 824. The van der Waals surface area contributed by atoms with Crippen molar-refractivity contribution in [2.75, 3.05) is 6.54 Å². The lowest BCUT2D eigenvalue weighted by atomic mass is 9.99. The number of fused-ring (bicyclic) bond motifs is 1. The SMILES string of the molecule is CC(C)OP(=O)(OC(C)C)C1c2ccccc2CCN1Cc1ccc(Br)cc1. The Morgan fingerprint density at radius 1 is 1.04 bits per heavy atom. The van der Waals surface area contributed by atoms with Gasteiger partial charge in [-0.15, -0.1) is 0 Å². The van der Waals surface area contributed by atoms with Crippen molar-refractivity contribution in [3.05, 3.63) is 69.7 Å². The summed E-state index contributed by atoms with van der Waals surface area (Å²) >= 11 is 3.49. The van der Waals surface area contributed by atoms with Gasteiger partial charge in [-0.25, -0.2) is 0 Å². The minimum Gasteiger partial charge on any atom is -0.304 e. The number of halogens is 1.